The minimum Gasteiger partial charge on any atom is -0.488 e. The molecule has 0 unspecified atom stereocenters. The number of fused-ring (bicyclic) bond motifs is 1. The minimum absolute atomic E-state index is 0.101. The van der Waals surface area contributed by atoms with E-state index in [9.17, 15) is 4.79 Å². The van der Waals surface area contributed by atoms with Gasteiger partial charge in [0.2, 0.25) is 5.91 Å². The Bertz CT molecular complexity index is 745. The summed E-state index contributed by atoms with van der Waals surface area (Å²) in [4.78, 5) is 13.4. The van der Waals surface area contributed by atoms with Crippen LogP contribution in [0.15, 0.2) is 42.5 Å². The minimum atomic E-state index is -0.197. The molecule has 126 valence electrons. The Morgan fingerprint density at radius 1 is 1.08 bits per heavy atom. The highest BCUT2D eigenvalue weighted by Gasteiger charge is 2.22. The Labute approximate surface area is 143 Å². The van der Waals surface area contributed by atoms with Gasteiger partial charge in [-0.2, -0.15) is 0 Å². The van der Waals surface area contributed by atoms with Crippen LogP contribution < -0.4 is 15.0 Å². The number of rotatable bonds is 3. The maximum atomic E-state index is 11.6. The van der Waals surface area contributed by atoms with E-state index in [1.165, 1.54) is 5.56 Å². The van der Waals surface area contributed by atoms with E-state index < -0.39 is 0 Å². The van der Waals surface area contributed by atoms with Crippen LogP contribution in [0.1, 0.15) is 33.3 Å². The number of amides is 1. The standard InChI is InChI=1S/C20H24N2O2/c1-14(23)22-12-11-15-13-17(7-10-19(15)22)21-16-5-8-18(9-6-16)24-20(2,3)4/h5-10,13,21H,11-12H2,1-4H3. The molecule has 1 N–H and O–H groups in total. The van der Waals surface area contributed by atoms with Crippen LogP contribution >= 0.6 is 0 Å². The van der Waals surface area contributed by atoms with E-state index in [2.05, 4.69) is 11.4 Å². The molecule has 2 aromatic rings. The Morgan fingerprint density at radius 3 is 2.38 bits per heavy atom. The van der Waals surface area contributed by atoms with E-state index in [0.717, 1.165) is 35.8 Å². The van der Waals surface area contributed by atoms with Gasteiger partial charge in [0.25, 0.3) is 0 Å². The van der Waals surface area contributed by atoms with Gasteiger partial charge in [0, 0.05) is 30.5 Å². The molecule has 0 bridgehead atoms. The highest BCUT2D eigenvalue weighted by atomic mass is 16.5. The van der Waals surface area contributed by atoms with E-state index in [-0.39, 0.29) is 11.5 Å². The quantitative estimate of drug-likeness (QED) is 0.903. The zero-order chi connectivity index (χ0) is 17.3. The van der Waals surface area contributed by atoms with E-state index >= 15 is 0 Å². The summed E-state index contributed by atoms with van der Waals surface area (Å²) in [7, 11) is 0. The SMILES string of the molecule is CC(=O)N1CCc2cc(Nc3ccc(OC(C)(C)C)cc3)ccc21. The molecular formula is C20H24N2O2. The molecule has 1 aliphatic rings. The van der Waals surface area contributed by atoms with Crippen molar-refractivity contribution in [3.8, 4) is 5.75 Å². The summed E-state index contributed by atoms with van der Waals surface area (Å²) < 4.78 is 5.84. The summed E-state index contributed by atoms with van der Waals surface area (Å²) in [6, 6.07) is 14.1. The van der Waals surface area contributed by atoms with Gasteiger partial charge in [-0.3, -0.25) is 4.79 Å². The lowest BCUT2D eigenvalue weighted by Crippen LogP contribution is -2.25. The molecule has 0 saturated carbocycles. The fraction of sp³-hybridized carbons (Fsp3) is 0.350. The van der Waals surface area contributed by atoms with E-state index in [1.54, 1.807) is 6.92 Å². The van der Waals surface area contributed by atoms with Crippen LogP contribution in [0.25, 0.3) is 0 Å². The number of hydrogen-bond acceptors (Lipinski definition) is 3. The Kier molecular flexibility index (Phi) is 4.22. The third-order valence-electron chi connectivity index (χ3n) is 3.92. The predicted octanol–water partition coefficient (Wildman–Crippen LogP) is 4.52. The van der Waals surface area contributed by atoms with Crippen molar-refractivity contribution in [3.63, 3.8) is 0 Å². The van der Waals surface area contributed by atoms with Crippen molar-refractivity contribution in [2.45, 2.75) is 39.7 Å². The molecule has 0 radical (unpaired) electrons. The molecule has 0 saturated heterocycles. The first-order chi connectivity index (χ1) is 11.3. The van der Waals surface area contributed by atoms with Gasteiger partial charge in [0.1, 0.15) is 11.4 Å². The molecule has 1 heterocycles. The zero-order valence-electron chi connectivity index (χ0n) is 14.7. The molecule has 0 aromatic heterocycles. The normalized spacial score (nSPS) is 13.6. The second-order valence-electron chi connectivity index (χ2n) is 7.13. The number of nitrogens with one attached hydrogen (secondary N) is 1. The van der Waals surface area contributed by atoms with Gasteiger partial charge in [-0.1, -0.05) is 0 Å². The topological polar surface area (TPSA) is 41.6 Å². The predicted molar refractivity (Wildman–Crippen MR) is 98.3 cm³/mol. The van der Waals surface area contributed by atoms with Crippen molar-refractivity contribution in [2.75, 3.05) is 16.8 Å². The van der Waals surface area contributed by atoms with Gasteiger partial charge in [0.15, 0.2) is 0 Å². The molecule has 0 spiro atoms. The first kappa shape index (κ1) is 16.4. The zero-order valence-corrected chi connectivity index (χ0v) is 14.7. The highest BCUT2D eigenvalue weighted by Crippen LogP contribution is 2.32. The maximum Gasteiger partial charge on any atom is 0.223 e. The third kappa shape index (κ3) is 3.70. The van der Waals surface area contributed by atoms with Crippen LogP contribution in [-0.4, -0.2) is 18.1 Å². The summed E-state index contributed by atoms with van der Waals surface area (Å²) in [5.74, 6) is 0.961. The van der Waals surface area contributed by atoms with Crippen molar-refractivity contribution in [2.24, 2.45) is 0 Å². The summed E-state index contributed by atoms with van der Waals surface area (Å²) in [5.41, 5.74) is 4.09. The van der Waals surface area contributed by atoms with Crippen molar-refractivity contribution in [1.29, 1.82) is 0 Å². The number of ether oxygens (including phenoxy) is 1. The second-order valence-corrected chi connectivity index (χ2v) is 7.13. The molecule has 1 amide bonds. The number of benzene rings is 2. The molecule has 0 fully saturated rings. The summed E-state index contributed by atoms with van der Waals surface area (Å²) in [6.45, 7) is 8.49. The molecule has 2 aromatic carbocycles. The van der Waals surface area contributed by atoms with Crippen LogP contribution in [0.5, 0.6) is 5.75 Å². The highest BCUT2D eigenvalue weighted by molar-refractivity contribution is 5.94. The third-order valence-corrected chi connectivity index (χ3v) is 3.92. The number of carbonyl (C=O) groups excluding carboxylic acids is 1. The summed E-state index contributed by atoms with van der Waals surface area (Å²) in [6.07, 6.45) is 0.906. The van der Waals surface area contributed by atoms with E-state index in [0.29, 0.717) is 0 Å². The van der Waals surface area contributed by atoms with Crippen LogP contribution in [0.3, 0.4) is 0 Å². The lowest BCUT2D eigenvalue weighted by molar-refractivity contribution is -0.116. The fourth-order valence-electron chi connectivity index (χ4n) is 2.93. The molecule has 3 rings (SSSR count). The molecular weight excluding hydrogens is 300 g/mol. The fourth-order valence-corrected chi connectivity index (χ4v) is 2.93. The molecule has 4 nitrogen and oxygen atoms in total. The van der Waals surface area contributed by atoms with Crippen molar-refractivity contribution in [3.05, 3.63) is 48.0 Å². The lowest BCUT2D eigenvalue weighted by atomic mass is 10.1. The van der Waals surface area contributed by atoms with Gasteiger partial charge in [-0.05, 0) is 75.2 Å². The Balaban J connectivity index is 1.72. The van der Waals surface area contributed by atoms with Gasteiger partial charge in [-0.25, -0.2) is 0 Å². The van der Waals surface area contributed by atoms with Gasteiger partial charge >= 0.3 is 0 Å². The van der Waals surface area contributed by atoms with Crippen molar-refractivity contribution < 1.29 is 9.53 Å². The summed E-state index contributed by atoms with van der Waals surface area (Å²) >= 11 is 0. The molecule has 24 heavy (non-hydrogen) atoms. The number of nitrogens with zero attached hydrogens (tertiary/aromatic N) is 1. The smallest absolute Gasteiger partial charge is 0.223 e. The van der Waals surface area contributed by atoms with Crippen molar-refractivity contribution in [1.82, 2.24) is 0 Å². The van der Waals surface area contributed by atoms with Gasteiger partial charge < -0.3 is 15.0 Å². The maximum absolute atomic E-state index is 11.6. The lowest BCUT2D eigenvalue weighted by Gasteiger charge is -2.21. The van der Waals surface area contributed by atoms with E-state index in [1.807, 2.05) is 62.1 Å². The van der Waals surface area contributed by atoms with Crippen LogP contribution in [0.4, 0.5) is 17.1 Å². The number of anilines is 3. The van der Waals surface area contributed by atoms with Crippen LogP contribution in [0.2, 0.25) is 0 Å². The summed E-state index contributed by atoms with van der Waals surface area (Å²) in [5, 5.41) is 3.41. The average Bonchev–Trinajstić information content (AvgIpc) is 2.91. The number of carbonyl (C=O) groups is 1. The van der Waals surface area contributed by atoms with Crippen molar-refractivity contribution >= 4 is 23.0 Å². The van der Waals surface area contributed by atoms with Gasteiger partial charge in [0.05, 0.1) is 0 Å². The Hall–Kier alpha value is -2.49. The molecule has 1 aliphatic heterocycles. The average molecular weight is 324 g/mol. The first-order valence-electron chi connectivity index (χ1n) is 8.29. The van der Waals surface area contributed by atoms with Crippen LogP contribution in [-0.2, 0) is 11.2 Å². The molecule has 0 aliphatic carbocycles. The van der Waals surface area contributed by atoms with Crippen LogP contribution in [0, 0.1) is 0 Å². The number of hydrogen-bond donors (Lipinski definition) is 1. The molecule has 0 atom stereocenters. The largest absolute Gasteiger partial charge is 0.488 e. The first-order valence-corrected chi connectivity index (χ1v) is 8.29. The van der Waals surface area contributed by atoms with E-state index in [4.69, 9.17) is 4.74 Å². The monoisotopic (exact) mass is 324 g/mol. The molecule has 4 heteroatoms. The van der Waals surface area contributed by atoms with Gasteiger partial charge in [-0.15, -0.1) is 0 Å². The second kappa shape index (κ2) is 6.19. The Morgan fingerprint density at radius 2 is 1.75 bits per heavy atom.